The van der Waals surface area contributed by atoms with Crippen LogP contribution in [0, 0.1) is 19.3 Å². The van der Waals surface area contributed by atoms with Crippen molar-refractivity contribution in [3.63, 3.8) is 0 Å². The standard InChI is InChI=1S/C24H18FN5O/c1-16-13-17(7-9-21(16)26-2)22-10-12-30(29-22)19-8-6-18(20(25)14-19)15-28-24(31)23-5-3-4-11-27-23/h3-14H,15H2,1H3,(H,28,31). The van der Waals surface area contributed by atoms with Crippen molar-refractivity contribution in [2.24, 2.45) is 0 Å². The van der Waals surface area contributed by atoms with Crippen LogP contribution in [0.5, 0.6) is 0 Å². The summed E-state index contributed by atoms with van der Waals surface area (Å²) in [6.45, 7) is 9.09. The zero-order valence-corrected chi connectivity index (χ0v) is 16.7. The van der Waals surface area contributed by atoms with Crippen molar-refractivity contribution in [1.29, 1.82) is 0 Å². The highest BCUT2D eigenvalue weighted by atomic mass is 19.1. The molecule has 4 aromatic rings. The van der Waals surface area contributed by atoms with Gasteiger partial charge in [0.25, 0.3) is 5.91 Å². The molecule has 7 heteroatoms. The number of aryl methyl sites for hydroxylation is 1. The van der Waals surface area contributed by atoms with Crippen LogP contribution >= 0.6 is 0 Å². The summed E-state index contributed by atoms with van der Waals surface area (Å²) in [7, 11) is 0. The van der Waals surface area contributed by atoms with E-state index in [0.717, 1.165) is 16.8 Å². The number of nitrogens with one attached hydrogen (secondary N) is 1. The summed E-state index contributed by atoms with van der Waals surface area (Å²) in [5.74, 6) is -0.798. The molecule has 31 heavy (non-hydrogen) atoms. The molecule has 2 aromatic carbocycles. The van der Waals surface area contributed by atoms with Crippen molar-refractivity contribution >= 4 is 11.6 Å². The molecule has 1 N–H and O–H groups in total. The molecule has 0 saturated carbocycles. The molecule has 0 aliphatic carbocycles. The number of carbonyl (C=O) groups excluding carboxylic acids is 1. The summed E-state index contributed by atoms with van der Waals surface area (Å²) in [6.07, 6.45) is 3.29. The zero-order valence-electron chi connectivity index (χ0n) is 16.7. The van der Waals surface area contributed by atoms with E-state index in [0.29, 0.717) is 16.9 Å². The first kappa shape index (κ1) is 20.0. The Balaban J connectivity index is 1.49. The zero-order chi connectivity index (χ0) is 21.8. The van der Waals surface area contributed by atoms with Gasteiger partial charge in [-0.05, 0) is 48.4 Å². The molecule has 0 fully saturated rings. The van der Waals surface area contributed by atoms with E-state index in [1.54, 1.807) is 47.3 Å². The molecule has 0 aliphatic heterocycles. The summed E-state index contributed by atoms with van der Waals surface area (Å²) in [4.78, 5) is 19.5. The van der Waals surface area contributed by atoms with Gasteiger partial charge in [0, 0.05) is 24.5 Å². The number of hydrogen-bond donors (Lipinski definition) is 1. The highest BCUT2D eigenvalue weighted by molar-refractivity contribution is 5.92. The molecule has 2 heterocycles. The molecular weight excluding hydrogens is 393 g/mol. The number of rotatable bonds is 5. The second-order valence-corrected chi connectivity index (χ2v) is 6.93. The average molecular weight is 411 g/mol. The lowest BCUT2D eigenvalue weighted by atomic mass is 10.1. The van der Waals surface area contributed by atoms with Crippen molar-refractivity contribution in [2.75, 3.05) is 0 Å². The molecule has 0 saturated heterocycles. The summed E-state index contributed by atoms with van der Waals surface area (Å²) in [5.41, 5.74) is 4.32. The Morgan fingerprint density at radius 1 is 1.16 bits per heavy atom. The van der Waals surface area contributed by atoms with E-state index in [4.69, 9.17) is 6.57 Å². The first-order valence-electron chi connectivity index (χ1n) is 9.57. The second kappa shape index (κ2) is 8.59. The van der Waals surface area contributed by atoms with Crippen LogP contribution in [0.15, 0.2) is 73.1 Å². The molecule has 2 aromatic heterocycles. The van der Waals surface area contributed by atoms with Gasteiger partial charge in [-0.15, -0.1) is 0 Å². The topological polar surface area (TPSA) is 64.2 Å². The Morgan fingerprint density at radius 2 is 2.03 bits per heavy atom. The van der Waals surface area contributed by atoms with Crippen LogP contribution in [0.3, 0.4) is 0 Å². The Hall–Kier alpha value is -4.31. The van der Waals surface area contributed by atoms with Gasteiger partial charge in [0.05, 0.1) is 18.0 Å². The summed E-state index contributed by atoms with van der Waals surface area (Å²) >= 11 is 0. The second-order valence-electron chi connectivity index (χ2n) is 6.93. The summed E-state index contributed by atoms with van der Waals surface area (Å²) in [5, 5.41) is 7.20. The number of hydrogen-bond acceptors (Lipinski definition) is 3. The predicted molar refractivity (Wildman–Crippen MR) is 115 cm³/mol. The van der Waals surface area contributed by atoms with Crippen molar-refractivity contribution in [1.82, 2.24) is 20.1 Å². The normalized spacial score (nSPS) is 10.5. The van der Waals surface area contributed by atoms with Crippen LogP contribution in [0.1, 0.15) is 21.6 Å². The minimum Gasteiger partial charge on any atom is -0.347 e. The molecule has 0 atom stereocenters. The number of halogens is 1. The number of benzene rings is 2. The molecule has 0 radical (unpaired) electrons. The highest BCUT2D eigenvalue weighted by Crippen LogP contribution is 2.26. The molecule has 152 valence electrons. The molecule has 6 nitrogen and oxygen atoms in total. The van der Waals surface area contributed by atoms with Crippen LogP contribution < -0.4 is 5.32 Å². The third-order valence-corrected chi connectivity index (χ3v) is 4.84. The van der Waals surface area contributed by atoms with Gasteiger partial charge in [0.1, 0.15) is 11.5 Å². The largest absolute Gasteiger partial charge is 0.347 e. The first-order valence-corrected chi connectivity index (χ1v) is 9.57. The van der Waals surface area contributed by atoms with Crippen molar-refractivity contribution < 1.29 is 9.18 Å². The Labute approximate surface area is 178 Å². The molecule has 0 bridgehead atoms. The van der Waals surface area contributed by atoms with E-state index in [-0.39, 0.29) is 18.1 Å². The first-order chi connectivity index (χ1) is 15.0. The molecule has 4 rings (SSSR count). The van der Waals surface area contributed by atoms with Gasteiger partial charge in [0.15, 0.2) is 5.69 Å². The lowest BCUT2D eigenvalue weighted by Gasteiger charge is -2.08. The van der Waals surface area contributed by atoms with Gasteiger partial charge in [-0.25, -0.2) is 13.9 Å². The number of nitrogens with zero attached hydrogens (tertiary/aromatic N) is 4. The van der Waals surface area contributed by atoms with Crippen molar-refractivity contribution in [3.8, 4) is 16.9 Å². The maximum Gasteiger partial charge on any atom is 0.270 e. The van der Waals surface area contributed by atoms with Gasteiger partial charge in [-0.1, -0.05) is 30.3 Å². The highest BCUT2D eigenvalue weighted by Gasteiger charge is 2.11. The van der Waals surface area contributed by atoms with Gasteiger partial charge >= 0.3 is 0 Å². The average Bonchev–Trinajstić information content (AvgIpc) is 3.29. The van der Waals surface area contributed by atoms with E-state index < -0.39 is 5.82 Å². The van der Waals surface area contributed by atoms with Crippen LogP contribution in [0.25, 0.3) is 21.8 Å². The maximum atomic E-state index is 14.6. The number of carbonyl (C=O) groups is 1. The van der Waals surface area contributed by atoms with Gasteiger partial charge in [0.2, 0.25) is 0 Å². The number of pyridine rings is 1. The van der Waals surface area contributed by atoms with Crippen LogP contribution in [-0.2, 0) is 6.54 Å². The van der Waals surface area contributed by atoms with E-state index in [1.165, 1.54) is 12.3 Å². The van der Waals surface area contributed by atoms with Gasteiger partial charge in [-0.2, -0.15) is 5.10 Å². The smallest absolute Gasteiger partial charge is 0.270 e. The maximum absolute atomic E-state index is 14.6. The fourth-order valence-electron chi connectivity index (χ4n) is 3.15. The molecular formula is C24H18FN5O. The van der Waals surface area contributed by atoms with E-state index in [2.05, 4.69) is 20.2 Å². The van der Waals surface area contributed by atoms with Crippen molar-refractivity contribution in [3.05, 3.63) is 107 Å². The number of aromatic nitrogens is 3. The predicted octanol–water partition coefficient (Wildman–Crippen LogP) is 4.86. The summed E-state index contributed by atoms with van der Waals surface area (Å²) in [6, 6.07) is 17.2. The van der Waals surface area contributed by atoms with Gasteiger partial charge < -0.3 is 5.32 Å². The third-order valence-electron chi connectivity index (χ3n) is 4.84. The number of amides is 1. The lowest BCUT2D eigenvalue weighted by Crippen LogP contribution is -2.24. The fourth-order valence-corrected chi connectivity index (χ4v) is 3.15. The summed E-state index contributed by atoms with van der Waals surface area (Å²) < 4.78 is 16.2. The fraction of sp³-hybridized carbons (Fsp3) is 0.0833. The van der Waals surface area contributed by atoms with E-state index in [9.17, 15) is 9.18 Å². The van der Waals surface area contributed by atoms with Crippen LogP contribution in [0.2, 0.25) is 0 Å². The molecule has 0 spiro atoms. The molecule has 0 aliphatic rings. The van der Waals surface area contributed by atoms with E-state index >= 15 is 0 Å². The Kier molecular flexibility index (Phi) is 5.54. The Morgan fingerprint density at radius 3 is 2.74 bits per heavy atom. The third kappa shape index (κ3) is 4.33. The van der Waals surface area contributed by atoms with Gasteiger partial charge in [-0.3, -0.25) is 9.78 Å². The monoisotopic (exact) mass is 411 g/mol. The molecule has 0 unspecified atom stereocenters. The molecule has 1 amide bonds. The van der Waals surface area contributed by atoms with Crippen molar-refractivity contribution in [2.45, 2.75) is 13.5 Å². The quantitative estimate of drug-likeness (QED) is 0.477. The minimum absolute atomic E-state index is 0.0541. The van der Waals surface area contributed by atoms with E-state index in [1.807, 2.05) is 25.1 Å². The minimum atomic E-state index is -0.437. The van der Waals surface area contributed by atoms with Crippen LogP contribution in [0.4, 0.5) is 10.1 Å². The van der Waals surface area contributed by atoms with Crippen LogP contribution in [-0.4, -0.2) is 20.7 Å². The Bertz CT molecular complexity index is 1290. The SMILES string of the molecule is [C-]#[N+]c1ccc(-c2ccn(-c3ccc(CNC(=O)c4ccccn4)c(F)c3)n2)cc1C. The lowest BCUT2D eigenvalue weighted by molar-refractivity contribution is 0.0945.